The Kier molecular flexibility index (Phi) is 11.8. The molecule has 0 unspecified atom stereocenters. The molecule has 0 amide bonds. The molecule has 3 aromatic carbocycles. The van der Waals surface area contributed by atoms with E-state index in [9.17, 15) is 9.59 Å². The molecule has 0 radical (unpaired) electrons. The maximum absolute atomic E-state index is 9.60. The Hall–Kier alpha value is -3.04. The van der Waals surface area contributed by atoms with Gasteiger partial charge in [-0.1, -0.05) is 13.2 Å². The average Bonchev–Trinajstić information content (AvgIpc) is 2.77. The molecule has 0 aliphatic heterocycles. The van der Waals surface area contributed by atoms with Crippen molar-refractivity contribution < 1.29 is 19.8 Å². The number of carbonyl (C=O) groups is 2. The molecule has 160 valence electrons. The fourth-order valence-electron chi connectivity index (χ4n) is 2.18. The van der Waals surface area contributed by atoms with Crippen molar-refractivity contribution in [3.63, 3.8) is 0 Å². The number of rotatable bonds is 5. The van der Waals surface area contributed by atoms with Gasteiger partial charge in [0.05, 0.1) is 0 Å². The first-order chi connectivity index (χ1) is 14.7. The van der Waals surface area contributed by atoms with E-state index in [0.717, 1.165) is 0 Å². The molecule has 3 rings (SSSR count). The van der Waals surface area contributed by atoms with Crippen molar-refractivity contribution in [1.82, 2.24) is 0 Å². The van der Waals surface area contributed by atoms with Crippen LogP contribution < -0.4 is 9.81 Å². The number of benzene rings is 3. The molecule has 0 aliphatic rings. The van der Waals surface area contributed by atoms with Crippen LogP contribution in [-0.4, -0.2) is 43.9 Å². The number of hydrogen-bond acceptors (Lipinski definition) is 2. The summed E-state index contributed by atoms with van der Waals surface area (Å²) in [6, 6.07) is 33.0. The zero-order chi connectivity index (χ0) is 23.2. The van der Waals surface area contributed by atoms with E-state index in [4.69, 9.17) is 10.2 Å². The van der Waals surface area contributed by atoms with Crippen molar-refractivity contribution in [1.29, 1.82) is 0 Å². The van der Waals surface area contributed by atoms with Gasteiger partial charge in [0, 0.05) is 11.1 Å². The normalized spacial score (nSPS) is 9.39. The van der Waals surface area contributed by atoms with Crippen molar-refractivity contribution in [3.05, 3.63) is 115 Å². The van der Waals surface area contributed by atoms with Crippen LogP contribution in [0.1, 0.15) is 13.8 Å². The molecule has 0 fully saturated rings. The van der Waals surface area contributed by atoms with Gasteiger partial charge < -0.3 is 10.2 Å². The maximum atomic E-state index is 9.60. The number of carboxylic acids is 2. The second-order valence-electron chi connectivity index (χ2n) is 6.51. The Labute approximate surface area is 191 Å². The summed E-state index contributed by atoms with van der Waals surface area (Å²) < 4.78 is 4.61. The molecule has 0 spiro atoms. The minimum absolute atomic E-state index is 0.176. The minimum atomic E-state index is -2.06. The van der Waals surface area contributed by atoms with Crippen LogP contribution in [0, 0.1) is 0 Å². The van der Waals surface area contributed by atoms with Gasteiger partial charge in [-0.3, -0.25) is 0 Å². The Morgan fingerprint density at radius 1 is 0.581 bits per heavy atom. The molecule has 2 N–H and O–H groups in total. The molecule has 0 heterocycles. The van der Waals surface area contributed by atoms with Gasteiger partial charge in [0.15, 0.2) is 0 Å². The Bertz CT molecular complexity index is 842. The summed E-state index contributed by atoms with van der Waals surface area (Å²) in [4.78, 5) is 19.2. The second-order valence-corrected chi connectivity index (χ2v) is 15.1. The van der Waals surface area contributed by atoms with Crippen LogP contribution >= 0.6 is 0 Å². The van der Waals surface area contributed by atoms with E-state index in [-0.39, 0.29) is 11.1 Å². The summed E-state index contributed by atoms with van der Waals surface area (Å²) in [6.07, 6.45) is 0. The van der Waals surface area contributed by atoms with Gasteiger partial charge in [-0.05, 0) is 13.8 Å². The van der Waals surface area contributed by atoms with E-state index >= 15 is 0 Å². The van der Waals surface area contributed by atoms with E-state index in [1.165, 1.54) is 23.7 Å². The van der Waals surface area contributed by atoms with Gasteiger partial charge in [-0.2, -0.15) is 0 Å². The molecule has 0 aromatic heterocycles. The molecule has 0 bridgehead atoms. The first-order valence-electron chi connectivity index (χ1n) is 9.47. The summed E-state index contributed by atoms with van der Waals surface area (Å²) in [6.45, 7) is 9.20. The van der Waals surface area contributed by atoms with Crippen LogP contribution in [-0.2, 0) is 9.59 Å². The van der Waals surface area contributed by atoms with Crippen molar-refractivity contribution in [2.45, 2.75) is 13.8 Å². The fourth-order valence-corrected chi connectivity index (χ4v) is 11.1. The Balaban J connectivity index is 0.000000333. The topological polar surface area (TPSA) is 74.6 Å². The van der Waals surface area contributed by atoms with Crippen LogP contribution in [0.3, 0.4) is 0 Å². The zero-order valence-electron chi connectivity index (χ0n) is 17.7. The molecule has 31 heavy (non-hydrogen) atoms. The van der Waals surface area contributed by atoms with Crippen molar-refractivity contribution >= 4 is 43.5 Å². The van der Waals surface area contributed by atoms with Crippen LogP contribution in [0.2, 0.25) is 0 Å². The molecular formula is C26H27BiO4. The SMILES string of the molecule is C=C(C)C(=O)O.C=C(C)C(=O)O.c1cc[c]([Bi]([c]2ccccc2)[c]2ccccc2)cc1. The second kappa shape index (κ2) is 14.1. The van der Waals surface area contributed by atoms with Crippen LogP contribution in [0.4, 0.5) is 0 Å². The summed E-state index contributed by atoms with van der Waals surface area (Å²) in [5, 5.41) is 15.8. The van der Waals surface area contributed by atoms with Crippen LogP contribution in [0.15, 0.2) is 115 Å². The van der Waals surface area contributed by atoms with Gasteiger partial charge in [-0.15, -0.1) is 0 Å². The first kappa shape index (κ1) is 26.0. The standard InChI is InChI=1S/3C6H5.2C4H6O2.Bi/c3*1-2-4-6-5-3-1;2*1-3(2)4(5)6;/h3*1-5H;2*1H2,2H3,(H,5,6);. The van der Waals surface area contributed by atoms with Gasteiger partial charge >= 0.3 is 134 Å². The molecular weight excluding hydrogens is 585 g/mol. The van der Waals surface area contributed by atoms with E-state index in [2.05, 4.69) is 104 Å². The van der Waals surface area contributed by atoms with Crippen molar-refractivity contribution in [3.8, 4) is 0 Å². The van der Waals surface area contributed by atoms with E-state index in [1.807, 2.05) is 0 Å². The summed E-state index contributed by atoms with van der Waals surface area (Å²) in [5.74, 6) is -1.87. The number of hydrogen-bond donors (Lipinski definition) is 2. The quantitative estimate of drug-likeness (QED) is 0.342. The third kappa shape index (κ3) is 10.0. The molecule has 3 aromatic rings. The predicted molar refractivity (Wildman–Crippen MR) is 129 cm³/mol. The van der Waals surface area contributed by atoms with Gasteiger partial charge in [0.1, 0.15) is 0 Å². The Morgan fingerprint density at radius 3 is 0.935 bits per heavy atom. The third-order valence-corrected chi connectivity index (χ3v) is 13.3. The van der Waals surface area contributed by atoms with Gasteiger partial charge in [-0.25, -0.2) is 9.59 Å². The molecule has 0 saturated carbocycles. The summed E-state index contributed by atoms with van der Waals surface area (Å²) >= 11 is -2.06. The van der Waals surface area contributed by atoms with E-state index < -0.39 is 33.7 Å². The van der Waals surface area contributed by atoms with Crippen molar-refractivity contribution in [2.75, 3.05) is 0 Å². The van der Waals surface area contributed by atoms with Gasteiger partial charge in [0.25, 0.3) is 0 Å². The average molecular weight is 612 g/mol. The molecule has 0 atom stereocenters. The summed E-state index contributed by atoms with van der Waals surface area (Å²) in [5.41, 5.74) is 0.352. The molecule has 0 saturated heterocycles. The van der Waals surface area contributed by atoms with Gasteiger partial charge in [0.2, 0.25) is 0 Å². The van der Waals surface area contributed by atoms with Crippen LogP contribution in [0.25, 0.3) is 0 Å². The first-order valence-corrected chi connectivity index (χ1v) is 14.7. The van der Waals surface area contributed by atoms with E-state index in [0.29, 0.717) is 0 Å². The summed E-state index contributed by atoms with van der Waals surface area (Å²) in [7, 11) is 0. The monoisotopic (exact) mass is 612 g/mol. The predicted octanol–water partition coefficient (Wildman–Crippen LogP) is 3.50. The number of carboxylic acid groups (broad SMARTS) is 2. The third-order valence-electron chi connectivity index (χ3n) is 3.77. The fraction of sp³-hybridized carbons (Fsp3) is 0.0769. The Morgan fingerprint density at radius 2 is 0.774 bits per heavy atom. The number of aliphatic carboxylic acids is 2. The van der Waals surface area contributed by atoms with Crippen LogP contribution in [0.5, 0.6) is 0 Å². The molecule has 5 heteroatoms. The molecule has 0 aliphatic carbocycles. The zero-order valence-corrected chi connectivity index (χ0v) is 21.2. The molecule has 4 nitrogen and oxygen atoms in total. The van der Waals surface area contributed by atoms with E-state index in [1.54, 1.807) is 0 Å². The van der Waals surface area contributed by atoms with Crippen molar-refractivity contribution in [2.24, 2.45) is 0 Å².